The van der Waals surface area contributed by atoms with Crippen molar-refractivity contribution in [2.75, 3.05) is 19.7 Å². The van der Waals surface area contributed by atoms with Crippen molar-refractivity contribution >= 4 is 23.2 Å². The van der Waals surface area contributed by atoms with E-state index < -0.39 is 0 Å². The van der Waals surface area contributed by atoms with Crippen LogP contribution >= 0.6 is 23.2 Å². The lowest BCUT2D eigenvalue weighted by atomic mass is 9.77. The van der Waals surface area contributed by atoms with Crippen LogP contribution in [-0.2, 0) is 6.54 Å². The summed E-state index contributed by atoms with van der Waals surface area (Å²) in [6.07, 6.45) is 4.70. The molecule has 0 unspecified atom stereocenters. The smallest absolute Gasteiger partial charge is 0.134 e. The topological polar surface area (TPSA) is 36.4 Å². The van der Waals surface area contributed by atoms with Gasteiger partial charge in [0.25, 0.3) is 0 Å². The molecule has 2 rings (SSSR count). The predicted octanol–water partition coefficient (Wildman–Crippen LogP) is 3.37. The molecule has 1 fully saturated rings. The number of nitrogens with zero attached hydrogens (tertiary/aromatic N) is 2. The first-order valence-electron chi connectivity index (χ1n) is 6.72. The molecule has 0 aliphatic carbocycles. The molecule has 0 atom stereocenters. The lowest BCUT2D eigenvalue weighted by Gasteiger charge is -2.40. The van der Waals surface area contributed by atoms with Crippen LogP contribution in [0.5, 0.6) is 0 Å². The highest BCUT2D eigenvalue weighted by Gasteiger charge is 2.32. The van der Waals surface area contributed by atoms with E-state index in [4.69, 9.17) is 23.2 Å². The molecule has 19 heavy (non-hydrogen) atoms. The molecule has 0 spiro atoms. The van der Waals surface area contributed by atoms with Gasteiger partial charge in [-0.3, -0.25) is 4.90 Å². The van der Waals surface area contributed by atoms with Crippen molar-refractivity contribution in [3.63, 3.8) is 0 Å². The molecule has 1 saturated heterocycles. The highest BCUT2D eigenvalue weighted by molar-refractivity contribution is 6.35. The Balaban J connectivity index is 2.00. The second kappa shape index (κ2) is 6.40. The molecule has 106 valence electrons. The van der Waals surface area contributed by atoms with Gasteiger partial charge in [0.15, 0.2) is 0 Å². The Morgan fingerprint density at radius 3 is 2.58 bits per heavy atom. The third-order valence-electron chi connectivity index (χ3n) is 4.33. The highest BCUT2D eigenvalue weighted by Crippen LogP contribution is 2.35. The Hall–Kier alpha value is -0.350. The maximum Gasteiger partial charge on any atom is 0.134 e. The van der Waals surface area contributed by atoms with Gasteiger partial charge in [0.05, 0.1) is 0 Å². The van der Waals surface area contributed by atoms with Gasteiger partial charge in [0.2, 0.25) is 0 Å². The number of hydrogen-bond donors (Lipinski definition) is 1. The van der Waals surface area contributed by atoms with E-state index in [1.54, 1.807) is 12.3 Å². The summed E-state index contributed by atoms with van der Waals surface area (Å²) < 4.78 is 0. The van der Waals surface area contributed by atoms with Crippen molar-refractivity contribution < 1.29 is 5.11 Å². The van der Waals surface area contributed by atoms with Gasteiger partial charge in [-0.15, -0.1) is 0 Å². The van der Waals surface area contributed by atoms with Crippen LogP contribution in [0.4, 0.5) is 0 Å². The van der Waals surface area contributed by atoms with E-state index in [-0.39, 0.29) is 12.0 Å². The normalized spacial score (nSPS) is 19.6. The summed E-state index contributed by atoms with van der Waals surface area (Å²) in [5, 5.41) is 10.7. The van der Waals surface area contributed by atoms with Crippen molar-refractivity contribution in [2.45, 2.75) is 32.7 Å². The maximum atomic E-state index is 9.54. The lowest BCUT2D eigenvalue weighted by Crippen LogP contribution is -2.41. The van der Waals surface area contributed by atoms with E-state index >= 15 is 0 Å². The molecule has 1 aromatic rings. The van der Waals surface area contributed by atoms with E-state index in [0.29, 0.717) is 10.2 Å². The maximum absolute atomic E-state index is 9.54. The number of aromatic nitrogens is 1. The molecule has 1 aromatic heterocycles. The molecule has 0 radical (unpaired) electrons. The zero-order valence-corrected chi connectivity index (χ0v) is 12.7. The van der Waals surface area contributed by atoms with Crippen LogP contribution in [0.3, 0.4) is 0 Å². The number of rotatable bonds is 4. The highest BCUT2D eigenvalue weighted by atomic mass is 35.5. The number of likely N-dealkylation sites (tertiary alicyclic amines) is 1. The minimum Gasteiger partial charge on any atom is -0.396 e. The SMILES string of the molecule is CCC1(CO)CCN(Cc2c(Cl)ccnc2Cl)CC1. The second-order valence-corrected chi connectivity index (χ2v) is 6.12. The van der Waals surface area contributed by atoms with Gasteiger partial charge >= 0.3 is 0 Å². The largest absolute Gasteiger partial charge is 0.396 e. The second-order valence-electron chi connectivity index (χ2n) is 5.35. The first kappa shape index (κ1) is 15.0. The van der Waals surface area contributed by atoms with Gasteiger partial charge in [-0.1, -0.05) is 30.1 Å². The molecule has 0 aromatic carbocycles. The number of aliphatic hydroxyl groups is 1. The first-order chi connectivity index (χ1) is 9.10. The Labute approximate surface area is 124 Å². The van der Waals surface area contributed by atoms with Crippen molar-refractivity contribution in [1.29, 1.82) is 0 Å². The minimum absolute atomic E-state index is 0.110. The Morgan fingerprint density at radius 2 is 2.05 bits per heavy atom. The molecule has 1 N–H and O–H groups in total. The van der Waals surface area contributed by atoms with Crippen LogP contribution < -0.4 is 0 Å². The van der Waals surface area contributed by atoms with E-state index in [1.165, 1.54) is 0 Å². The number of halogens is 2. The van der Waals surface area contributed by atoms with Gasteiger partial charge < -0.3 is 5.11 Å². The molecular weight excluding hydrogens is 283 g/mol. The summed E-state index contributed by atoms with van der Waals surface area (Å²) in [6.45, 7) is 5.11. The van der Waals surface area contributed by atoms with Crippen molar-refractivity contribution in [3.05, 3.63) is 28.0 Å². The van der Waals surface area contributed by atoms with E-state index in [2.05, 4.69) is 16.8 Å². The molecular formula is C14H20Cl2N2O. The van der Waals surface area contributed by atoms with Gasteiger partial charge in [-0.2, -0.15) is 0 Å². The van der Waals surface area contributed by atoms with Crippen LogP contribution in [0.2, 0.25) is 10.2 Å². The molecule has 2 heterocycles. The summed E-state index contributed by atoms with van der Waals surface area (Å²) in [5.74, 6) is 0. The standard InChI is InChI=1S/C14H20Cl2N2O/c1-2-14(10-19)4-7-18(8-5-14)9-11-12(15)3-6-17-13(11)16/h3,6,19H,2,4-5,7-10H2,1H3. The van der Waals surface area contributed by atoms with Gasteiger partial charge in [-0.05, 0) is 43.8 Å². The Kier molecular flexibility index (Phi) is 5.07. The molecule has 0 bridgehead atoms. The van der Waals surface area contributed by atoms with E-state index in [1.807, 2.05) is 0 Å². The monoisotopic (exact) mass is 302 g/mol. The molecule has 1 aliphatic rings. The van der Waals surface area contributed by atoms with E-state index in [0.717, 1.165) is 44.5 Å². The minimum atomic E-state index is 0.110. The zero-order chi connectivity index (χ0) is 13.9. The molecule has 0 saturated carbocycles. The molecule has 0 amide bonds. The van der Waals surface area contributed by atoms with Crippen LogP contribution in [0, 0.1) is 5.41 Å². The molecule has 3 nitrogen and oxygen atoms in total. The number of hydrogen-bond acceptors (Lipinski definition) is 3. The van der Waals surface area contributed by atoms with Crippen molar-refractivity contribution in [1.82, 2.24) is 9.88 Å². The van der Waals surface area contributed by atoms with E-state index in [9.17, 15) is 5.11 Å². The fourth-order valence-electron chi connectivity index (χ4n) is 2.62. The van der Waals surface area contributed by atoms with Crippen LogP contribution in [0.15, 0.2) is 12.3 Å². The third-order valence-corrected chi connectivity index (χ3v) is 5.01. The fourth-order valence-corrected chi connectivity index (χ4v) is 3.09. The van der Waals surface area contributed by atoms with Crippen molar-refractivity contribution in [2.24, 2.45) is 5.41 Å². The molecule has 1 aliphatic heterocycles. The Bertz CT molecular complexity index is 405. The van der Waals surface area contributed by atoms with Crippen LogP contribution in [0.1, 0.15) is 31.7 Å². The summed E-state index contributed by atoms with van der Waals surface area (Å²) in [4.78, 5) is 6.41. The third kappa shape index (κ3) is 3.40. The zero-order valence-electron chi connectivity index (χ0n) is 11.2. The quantitative estimate of drug-likeness (QED) is 0.866. The van der Waals surface area contributed by atoms with Gasteiger partial charge in [-0.25, -0.2) is 4.98 Å². The number of aliphatic hydroxyl groups excluding tert-OH is 1. The molecule has 5 heteroatoms. The van der Waals surface area contributed by atoms with Gasteiger partial charge in [0, 0.05) is 29.9 Å². The van der Waals surface area contributed by atoms with Crippen LogP contribution in [0.25, 0.3) is 0 Å². The summed E-state index contributed by atoms with van der Waals surface area (Å²) in [5.41, 5.74) is 1.01. The van der Waals surface area contributed by atoms with Crippen LogP contribution in [-0.4, -0.2) is 34.7 Å². The van der Waals surface area contributed by atoms with Gasteiger partial charge in [0.1, 0.15) is 5.15 Å². The number of pyridine rings is 1. The number of piperidine rings is 1. The lowest BCUT2D eigenvalue weighted by molar-refractivity contribution is 0.0382. The van der Waals surface area contributed by atoms with Crippen molar-refractivity contribution in [3.8, 4) is 0 Å². The first-order valence-corrected chi connectivity index (χ1v) is 7.48. The fraction of sp³-hybridized carbons (Fsp3) is 0.643. The average molecular weight is 303 g/mol. The average Bonchev–Trinajstić information content (AvgIpc) is 2.44. The summed E-state index contributed by atoms with van der Waals surface area (Å²) >= 11 is 12.3. The summed E-state index contributed by atoms with van der Waals surface area (Å²) in [7, 11) is 0. The summed E-state index contributed by atoms with van der Waals surface area (Å²) in [6, 6.07) is 1.77. The predicted molar refractivity (Wildman–Crippen MR) is 78.6 cm³/mol. The Morgan fingerprint density at radius 1 is 1.37 bits per heavy atom.